The number of nitrogens with zero attached hydrogens (tertiary/aromatic N) is 5. The first kappa shape index (κ1) is 16.3. The molecule has 0 aliphatic rings. The molecule has 0 fully saturated rings. The number of nitrogens with one attached hydrogen (secondary N) is 1. The molecule has 1 N–H and O–H groups in total. The number of halogens is 4. The normalized spacial score (nSPS) is 10.5. The van der Waals surface area contributed by atoms with Crippen molar-refractivity contribution in [3.63, 3.8) is 0 Å². The number of hydrogen-bond donors (Lipinski definition) is 1. The lowest BCUT2D eigenvalue weighted by Crippen LogP contribution is -2.08. The molecule has 0 atom stereocenters. The van der Waals surface area contributed by atoms with Crippen LogP contribution in [0.3, 0.4) is 0 Å². The SMILES string of the molecule is N#CC(C#N)=NNc1cccc(Cl)c1-n1ccc(C(F)(F)F)n1. The minimum atomic E-state index is -4.59. The maximum atomic E-state index is 12.6. The van der Waals surface area contributed by atoms with Crippen molar-refractivity contribution in [2.24, 2.45) is 5.10 Å². The van der Waals surface area contributed by atoms with Crippen molar-refractivity contribution in [2.45, 2.75) is 6.18 Å². The van der Waals surface area contributed by atoms with Gasteiger partial charge >= 0.3 is 6.18 Å². The van der Waals surface area contributed by atoms with E-state index in [0.29, 0.717) is 0 Å². The van der Waals surface area contributed by atoms with Gasteiger partial charge in [-0.05, 0) is 18.2 Å². The van der Waals surface area contributed by atoms with E-state index < -0.39 is 17.6 Å². The predicted molar refractivity (Wildman–Crippen MR) is 75.9 cm³/mol. The van der Waals surface area contributed by atoms with Crippen LogP contribution in [-0.2, 0) is 6.18 Å². The third kappa shape index (κ3) is 3.59. The Balaban J connectivity index is 2.47. The van der Waals surface area contributed by atoms with Crippen molar-refractivity contribution < 1.29 is 13.2 Å². The second kappa shape index (κ2) is 6.38. The van der Waals surface area contributed by atoms with Gasteiger partial charge in [-0.25, -0.2) is 4.68 Å². The molecule has 0 aliphatic carbocycles. The molecule has 0 spiro atoms. The number of nitriles is 2. The number of aromatic nitrogens is 2. The van der Waals surface area contributed by atoms with Crippen LogP contribution in [0, 0.1) is 22.7 Å². The van der Waals surface area contributed by atoms with Gasteiger partial charge in [-0.2, -0.15) is 33.9 Å². The number of hydrazone groups is 1. The van der Waals surface area contributed by atoms with Gasteiger partial charge in [-0.1, -0.05) is 17.7 Å². The average Bonchev–Trinajstić information content (AvgIpc) is 2.98. The first-order valence-corrected chi connectivity index (χ1v) is 6.30. The summed E-state index contributed by atoms with van der Waals surface area (Å²) in [6, 6.07) is 8.33. The van der Waals surface area contributed by atoms with Gasteiger partial charge in [0, 0.05) is 6.20 Å². The van der Waals surface area contributed by atoms with Crippen LogP contribution in [0.15, 0.2) is 35.6 Å². The summed E-state index contributed by atoms with van der Waals surface area (Å²) >= 11 is 6.01. The molecule has 0 radical (unpaired) electrons. The van der Waals surface area contributed by atoms with E-state index in [9.17, 15) is 13.2 Å². The number of rotatable bonds is 3. The molecular weight excluding hydrogens is 333 g/mol. The van der Waals surface area contributed by atoms with Gasteiger partial charge in [0.15, 0.2) is 5.69 Å². The minimum Gasteiger partial charge on any atom is -0.274 e. The molecule has 0 bridgehead atoms. The summed E-state index contributed by atoms with van der Waals surface area (Å²) in [6.07, 6.45) is -3.50. The summed E-state index contributed by atoms with van der Waals surface area (Å²) in [5.41, 5.74) is 1.16. The Morgan fingerprint density at radius 2 is 1.96 bits per heavy atom. The van der Waals surface area contributed by atoms with Crippen LogP contribution in [0.5, 0.6) is 0 Å². The second-order valence-electron chi connectivity index (χ2n) is 4.08. The van der Waals surface area contributed by atoms with E-state index in [0.717, 1.165) is 16.9 Å². The molecule has 116 valence electrons. The van der Waals surface area contributed by atoms with Gasteiger partial charge in [-0.15, -0.1) is 0 Å². The van der Waals surface area contributed by atoms with Crippen LogP contribution in [0.4, 0.5) is 18.9 Å². The van der Waals surface area contributed by atoms with E-state index in [2.05, 4.69) is 15.6 Å². The van der Waals surface area contributed by atoms with Crippen molar-refractivity contribution in [2.75, 3.05) is 5.43 Å². The van der Waals surface area contributed by atoms with E-state index in [4.69, 9.17) is 22.1 Å². The molecule has 0 saturated heterocycles. The van der Waals surface area contributed by atoms with E-state index in [1.54, 1.807) is 12.1 Å². The molecule has 1 aromatic heterocycles. The Morgan fingerprint density at radius 3 is 2.52 bits per heavy atom. The molecule has 10 heteroatoms. The maximum Gasteiger partial charge on any atom is 0.435 e. The number of para-hydroxylation sites is 1. The Bertz CT molecular complexity index is 825. The molecule has 1 aromatic carbocycles. The third-order valence-corrected chi connectivity index (χ3v) is 2.90. The molecule has 0 saturated carbocycles. The molecule has 6 nitrogen and oxygen atoms in total. The standard InChI is InChI=1S/C13H6ClF3N6/c14-9-2-1-3-10(21-20-8(6-18)7-19)12(9)23-5-4-11(22-23)13(15,16)17/h1-5,21H. The van der Waals surface area contributed by atoms with Crippen LogP contribution in [0.1, 0.15) is 5.69 Å². The smallest absolute Gasteiger partial charge is 0.274 e. The molecule has 23 heavy (non-hydrogen) atoms. The summed E-state index contributed by atoms with van der Waals surface area (Å²) in [5.74, 6) is 0. The first-order valence-electron chi connectivity index (χ1n) is 5.92. The average molecular weight is 339 g/mol. The minimum absolute atomic E-state index is 0.101. The van der Waals surface area contributed by atoms with Crippen LogP contribution in [0.2, 0.25) is 5.02 Å². The lowest BCUT2D eigenvalue weighted by molar-refractivity contribution is -0.141. The van der Waals surface area contributed by atoms with Gasteiger partial charge in [-0.3, -0.25) is 5.43 Å². The zero-order valence-electron chi connectivity index (χ0n) is 11.1. The zero-order chi connectivity index (χ0) is 17.0. The Labute approximate surface area is 133 Å². The summed E-state index contributed by atoms with van der Waals surface area (Å²) in [5, 5.41) is 24.3. The highest BCUT2D eigenvalue weighted by atomic mass is 35.5. The lowest BCUT2D eigenvalue weighted by Gasteiger charge is -2.11. The fourth-order valence-electron chi connectivity index (χ4n) is 1.63. The summed E-state index contributed by atoms with van der Waals surface area (Å²) < 4.78 is 38.9. The number of anilines is 1. The fraction of sp³-hybridized carbons (Fsp3) is 0.0769. The molecule has 2 aromatic rings. The quantitative estimate of drug-likeness (QED) is 0.686. The van der Waals surface area contributed by atoms with Gasteiger partial charge in [0.05, 0.1) is 10.7 Å². The van der Waals surface area contributed by atoms with Crippen molar-refractivity contribution in [3.05, 3.63) is 41.2 Å². The number of hydrogen-bond acceptors (Lipinski definition) is 5. The second-order valence-corrected chi connectivity index (χ2v) is 4.48. The van der Waals surface area contributed by atoms with Gasteiger partial charge in [0.2, 0.25) is 5.71 Å². The molecule has 0 unspecified atom stereocenters. The van der Waals surface area contributed by atoms with Crippen molar-refractivity contribution in [3.8, 4) is 17.8 Å². The van der Waals surface area contributed by atoms with Crippen molar-refractivity contribution in [1.29, 1.82) is 10.5 Å². The Hall–Kier alpha value is -3.04. The molecule has 2 rings (SSSR count). The number of benzene rings is 1. The maximum absolute atomic E-state index is 12.6. The molecular formula is C13H6ClF3N6. The first-order chi connectivity index (χ1) is 10.9. The molecule has 0 aliphatic heterocycles. The van der Waals surface area contributed by atoms with E-state index >= 15 is 0 Å². The topological polar surface area (TPSA) is 89.8 Å². The van der Waals surface area contributed by atoms with Crippen LogP contribution < -0.4 is 5.43 Å². The highest BCUT2D eigenvalue weighted by molar-refractivity contribution is 6.33. The fourth-order valence-corrected chi connectivity index (χ4v) is 1.89. The van der Waals surface area contributed by atoms with Crippen LogP contribution >= 0.6 is 11.6 Å². The Kier molecular flexibility index (Phi) is 4.53. The monoisotopic (exact) mass is 338 g/mol. The van der Waals surface area contributed by atoms with Crippen LogP contribution in [-0.4, -0.2) is 15.5 Å². The van der Waals surface area contributed by atoms with Gasteiger partial charge in [0.25, 0.3) is 0 Å². The summed E-state index contributed by atoms with van der Waals surface area (Å²) in [7, 11) is 0. The third-order valence-electron chi connectivity index (χ3n) is 2.60. The van der Waals surface area contributed by atoms with E-state index in [-0.39, 0.29) is 16.4 Å². The van der Waals surface area contributed by atoms with Gasteiger partial charge < -0.3 is 0 Å². The summed E-state index contributed by atoms with van der Waals surface area (Å²) in [6.45, 7) is 0. The van der Waals surface area contributed by atoms with Gasteiger partial charge in [0.1, 0.15) is 17.8 Å². The van der Waals surface area contributed by atoms with Crippen LogP contribution in [0.25, 0.3) is 5.69 Å². The van der Waals surface area contributed by atoms with Crippen molar-refractivity contribution in [1.82, 2.24) is 9.78 Å². The lowest BCUT2D eigenvalue weighted by atomic mass is 10.2. The highest BCUT2D eigenvalue weighted by Gasteiger charge is 2.34. The largest absolute Gasteiger partial charge is 0.435 e. The zero-order valence-corrected chi connectivity index (χ0v) is 11.9. The van der Waals surface area contributed by atoms with Crippen molar-refractivity contribution >= 4 is 23.0 Å². The summed E-state index contributed by atoms with van der Waals surface area (Å²) in [4.78, 5) is 0. The Morgan fingerprint density at radius 1 is 1.26 bits per heavy atom. The predicted octanol–water partition coefficient (Wildman–Crippen LogP) is 3.36. The highest BCUT2D eigenvalue weighted by Crippen LogP contribution is 2.31. The van der Waals surface area contributed by atoms with E-state index in [1.807, 2.05) is 0 Å². The molecule has 1 heterocycles. The number of alkyl halides is 3. The van der Waals surface area contributed by atoms with E-state index in [1.165, 1.54) is 18.2 Å². The molecule has 0 amide bonds.